The molecule has 6 heteroatoms. The van der Waals surface area contributed by atoms with E-state index in [1.807, 2.05) is 19.1 Å². The predicted octanol–water partition coefficient (Wildman–Crippen LogP) is 1.45. The summed E-state index contributed by atoms with van der Waals surface area (Å²) < 4.78 is 9.81. The molecule has 0 spiro atoms. The second kappa shape index (κ2) is 6.19. The summed E-state index contributed by atoms with van der Waals surface area (Å²) >= 11 is 0. The third-order valence-corrected chi connectivity index (χ3v) is 2.61. The second-order valence-corrected chi connectivity index (χ2v) is 4.02. The van der Waals surface area contributed by atoms with Crippen LogP contribution in [0, 0.1) is 0 Å². The monoisotopic (exact) mass is 261 g/mol. The van der Waals surface area contributed by atoms with Gasteiger partial charge < -0.3 is 9.26 Å². The number of rotatable bonds is 6. The van der Waals surface area contributed by atoms with Gasteiger partial charge in [-0.2, -0.15) is 4.98 Å². The summed E-state index contributed by atoms with van der Waals surface area (Å²) in [6.07, 6.45) is 2.59. The molecule has 0 atom stereocenters. The molecule has 0 bridgehead atoms. The van der Waals surface area contributed by atoms with E-state index in [-0.39, 0.29) is 24.7 Å². The van der Waals surface area contributed by atoms with E-state index in [2.05, 4.69) is 15.1 Å². The van der Waals surface area contributed by atoms with Crippen LogP contribution in [0.5, 0.6) is 0 Å². The van der Waals surface area contributed by atoms with Crippen molar-refractivity contribution in [2.45, 2.75) is 19.8 Å². The lowest BCUT2D eigenvalue weighted by Gasteiger charge is -2.00. The molecule has 0 saturated heterocycles. The van der Waals surface area contributed by atoms with Gasteiger partial charge in [0.1, 0.15) is 12.3 Å². The summed E-state index contributed by atoms with van der Waals surface area (Å²) in [6, 6.07) is 3.83. The lowest BCUT2D eigenvalue weighted by atomic mass is 10.1. The number of carbonyl (C=O) groups excluding carboxylic acids is 1. The first kappa shape index (κ1) is 13.4. The Labute approximate surface area is 110 Å². The fourth-order valence-electron chi connectivity index (χ4n) is 1.73. The van der Waals surface area contributed by atoms with Crippen molar-refractivity contribution in [1.29, 1.82) is 0 Å². The predicted molar refractivity (Wildman–Crippen MR) is 67.5 cm³/mol. The van der Waals surface area contributed by atoms with Crippen LogP contribution in [0.1, 0.15) is 18.4 Å². The SMILES string of the molecule is CCc1cccnc1-c1noc(CC(=O)COC)n1. The zero-order chi connectivity index (χ0) is 13.7. The highest BCUT2D eigenvalue weighted by Crippen LogP contribution is 2.18. The van der Waals surface area contributed by atoms with Gasteiger partial charge in [0.15, 0.2) is 5.78 Å². The third-order valence-electron chi connectivity index (χ3n) is 2.61. The summed E-state index contributed by atoms with van der Waals surface area (Å²) in [5.74, 6) is 0.594. The van der Waals surface area contributed by atoms with Crippen molar-refractivity contribution in [1.82, 2.24) is 15.1 Å². The molecule has 19 heavy (non-hydrogen) atoms. The van der Waals surface area contributed by atoms with Crippen molar-refractivity contribution >= 4 is 5.78 Å². The highest BCUT2D eigenvalue weighted by molar-refractivity contribution is 5.81. The highest BCUT2D eigenvalue weighted by atomic mass is 16.5. The number of hydrogen-bond donors (Lipinski definition) is 0. The number of aromatic nitrogens is 3. The Morgan fingerprint density at radius 2 is 2.32 bits per heavy atom. The van der Waals surface area contributed by atoms with E-state index in [1.54, 1.807) is 6.20 Å². The topological polar surface area (TPSA) is 78.1 Å². The molecule has 0 amide bonds. The number of aryl methyl sites for hydroxylation is 1. The van der Waals surface area contributed by atoms with Crippen LogP contribution in [-0.2, 0) is 22.4 Å². The zero-order valence-corrected chi connectivity index (χ0v) is 10.9. The molecule has 0 aliphatic rings. The Bertz CT molecular complexity index is 566. The Balaban J connectivity index is 2.19. The maximum atomic E-state index is 11.4. The number of methoxy groups -OCH3 is 1. The normalized spacial score (nSPS) is 10.6. The molecule has 0 saturated carbocycles. The average molecular weight is 261 g/mol. The smallest absolute Gasteiger partial charge is 0.234 e. The number of ketones is 1. The Hall–Kier alpha value is -2.08. The van der Waals surface area contributed by atoms with E-state index < -0.39 is 0 Å². The van der Waals surface area contributed by atoms with Crippen molar-refractivity contribution in [3.63, 3.8) is 0 Å². The molecule has 2 aromatic rings. The van der Waals surface area contributed by atoms with Crippen molar-refractivity contribution in [3.05, 3.63) is 29.8 Å². The molecule has 6 nitrogen and oxygen atoms in total. The second-order valence-electron chi connectivity index (χ2n) is 4.02. The Morgan fingerprint density at radius 3 is 3.05 bits per heavy atom. The van der Waals surface area contributed by atoms with Crippen LogP contribution in [0.3, 0.4) is 0 Å². The molecular weight excluding hydrogens is 246 g/mol. The lowest BCUT2D eigenvalue weighted by molar-refractivity contribution is -0.122. The number of hydrogen-bond acceptors (Lipinski definition) is 6. The van der Waals surface area contributed by atoms with Crippen molar-refractivity contribution in [2.24, 2.45) is 0 Å². The van der Waals surface area contributed by atoms with Crippen LogP contribution in [0.4, 0.5) is 0 Å². The summed E-state index contributed by atoms with van der Waals surface area (Å²) in [5, 5.41) is 3.87. The minimum atomic E-state index is -0.102. The van der Waals surface area contributed by atoms with Gasteiger partial charge in [0.2, 0.25) is 11.7 Å². The molecule has 0 aliphatic heterocycles. The molecule has 0 aliphatic carbocycles. The van der Waals surface area contributed by atoms with Crippen LogP contribution >= 0.6 is 0 Å². The molecule has 0 N–H and O–H groups in total. The molecular formula is C13H15N3O3. The van der Waals surface area contributed by atoms with Crippen LogP contribution in [0.2, 0.25) is 0 Å². The van der Waals surface area contributed by atoms with Crippen molar-refractivity contribution in [2.75, 3.05) is 13.7 Å². The maximum absolute atomic E-state index is 11.4. The van der Waals surface area contributed by atoms with Gasteiger partial charge in [-0.1, -0.05) is 18.1 Å². The molecule has 2 heterocycles. The Kier molecular flexibility index (Phi) is 4.35. The van der Waals surface area contributed by atoms with E-state index >= 15 is 0 Å². The number of ether oxygens (including phenoxy) is 1. The quantitative estimate of drug-likeness (QED) is 0.783. The first-order chi connectivity index (χ1) is 9.24. The van der Waals surface area contributed by atoms with E-state index in [4.69, 9.17) is 9.26 Å². The highest BCUT2D eigenvalue weighted by Gasteiger charge is 2.15. The summed E-state index contributed by atoms with van der Waals surface area (Å²) in [4.78, 5) is 19.9. The van der Waals surface area contributed by atoms with Crippen LogP contribution in [0.25, 0.3) is 11.5 Å². The molecule has 0 radical (unpaired) electrons. The van der Waals surface area contributed by atoms with Crippen LogP contribution < -0.4 is 0 Å². The van der Waals surface area contributed by atoms with Gasteiger partial charge in [-0.25, -0.2) is 0 Å². The first-order valence-corrected chi connectivity index (χ1v) is 6.02. The van der Waals surface area contributed by atoms with Gasteiger partial charge in [-0.3, -0.25) is 9.78 Å². The van der Waals surface area contributed by atoms with Gasteiger partial charge in [0.25, 0.3) is 0 Å². The number of carbonyl (C=O) groups is 1. The van der Waals surface area contributed by atoms with Gasteiger partial charge in [0.05, 0.1) is 6.42 Å². The van der Waals surface area contributed by atoms with Crippen LogP contribution in [-0.4, -0.2) is 34.6 Å². The molecule has 2 aromatic heterocycles. The summed E-state index contributed by atoms with van der Waals surface area (Å²) in [6.45, 7) is 2.07. The fraction of sp³-hybridized carbons (Fsp3) is 0.385. The summed E-state index contributed by atoms with van der Waals surface area (Å²) in [7, 11) is 1.47. The van der Waals surface area contributed by atoms with Gasteiger partial charge in [-0.05, 0) is 18.1 Å². The molecule has 0 unspecified atom stereocenters. The number of pyridine rings is 1. The van der Waals surface area contributed by atoms with Gasteiger partial charge >= 0.3 is 0 Å². The third kappa shape index (κ3) is 3.23. The average Bonchev–Trinajstić information content (AvgIpc) is 2.87. The Morgan fingerprint density at radius 1 is 1.47 bits per heavy atom. The van der Waals surface area contributed by atoms with Crippen molar-refractivity contribution in [3.8, 4) is 11.5 Å². The largest absolute Gasteiger partial charge is 0.377 e. The maximum Gasteiger partial charge on any atom is 0.234 e. The van der Waals surface area contributed by atoms with Gasteiger partial charge in [-0.15, -0.1) is 0 Å². The number of Topliss-reactive ketones (excluding diaryl/α,β-unsaturated/α-hetero) is 1. The van der Waals surface area contributed by atoms with E-state index in [0.717, 1.165) is 12.0 Å². The number of nitrogens with zero attached hydrogens (tertiary/aromatic N) is 3. The van der Waals surface area contributed by atoms with E-state index in [1.165, 1.54) is 7.11 Å². The fourth-order valence-corrected chi connectivity index (χ4v) is 1.73. The standard InChI is InChI=1S/C13H15N3O3/c1-3-9-5-4-6-14-12(9)13-15-11(19-16-13)7-10(17)8-18-2/h4-6H,3,7-8H2,1-2H3. The van der Waals surface area contributed by atoms with Crippen LogP contribution in [0.15, 0.2) is 22.9 Å². The summed E-state index contributed by atoms with van der Waals surface area (Å²) in [5.41, 5.74) is 1.73. The van der Waals surface area contributed by atoms with Gasteiger partial charge in [0, 0.05) is 13.3 Å². The molecule has 2 rings (SSSR count). The first-order valence-electron chi connectivity index (χ1n) is 6.02. The van der Waals surface area contributed by atoms with E-state index in [0.29, 0.717) is 11.5 Å². The zero-order valence-electron chi connectivity index (χ0n) is 10.9. The molecule has 0 fully saturated rings. The molecule has 100 valence electrons. The minimum absolute atomic E-state index is 0.0432. The van der Waals surface area contributed by atoms with E-state index in [9.17, 15) is 4.79 Å². The van der Waals surface area contributed by atoms with Crippen molar-refractivity contribution < 1.29 is 14.1 Å². The lowest BCUT2D eigenvalue weighted by Crippen LogP contribution is -2.09. The molecule has 0 aromatic carbocycles. The minimum Gasteiger partial charge on any atom is -0.377 e.